The second-order valence-electron chi connectivity index (χ2n) is 6.72. The normalized spacial score (nSPS) is 14.2. The highest BCUT2D eigenvalue weighted by molar-refractivity contribution is 7.17. The number of halogens is 1. The first-order valence-electron chi connectivity index (χ1n) is 9.64. The van der Waals surface area contributed by atoms with E-state index in [1.807, 2.05) is 12.1 Å². The number of fused-ring (bicyclic) bond motifs is 1. The van der Waals surface area contributed by atoms with Gasteiger partial charge in [0.05, 0.1) is 12.2 Å². The van der Waals surface area contributed by atoms with E-state index in [-0.39, 0.29) is 11.9 Å². The molecule has 0 saturated carbocycles. The predicted octanol–water partition coefficient (Wildman–Crippen LogP) is 5.89. The number of nitrogens with one attached hydrogen (secondary N) is 1. The van der Waals surface area contributed by atoms with Crippen molar-refractivity contribution in [1.29, 1.82) is 0 Å². The SMILES string of the molecule is CCOC(=O)c1c(NC(=O)C=Cc2cccc(Cl)c2)sc2c1CCCCCC2. The number of hydrogen-bond acceptors (Lipinski definition) is 4. The molecule has 6 heteroatoms. The standard InChI is InChI=1S/C22H24ClNO3S/c1-2-27-22(26)20-17-10-5-3-4-6-11-18(17)28-21(20)24-19(25)13-12-15-8-7-9-16(23)14-15/h7-9,12-14H,2-6,10-11H2,1H3,(H,24,25). The Hall–Kier alpha value is -2.11. The van der Waals surface area contributed by atoms with Gasteiger partial charge in [0.15, 0.2) is 0 Å². The van der Waals surface area contributed by atoms with Crippen LogP contribution in [0.1, 0.15) is 59.0 Å². The molecule has 0 atom stereocenters. The maximum Gasteiger partial charge on any atom is 0.341 e. The minimum Gasteiger partial charge on any atom is -0.462 e. The zero-order valence-corrected chi connectivity index (χ0v) is 17.5. The molecule has 1 aliphatic carbocycles. The lowest BCUT2D eigenvalue weighted by molar-refractivity contribution is -0.111. The summed E-state index contributed by atoms with van der Waals surface area (Å²) in [5.74, 6) is -0.630. The van der Waals surface area contributed by atoms with Crippen LogP contribution < -0.4 is 5.32 Å². The summed E-state index contributed by atoms with van der Waals surface area (Å²) in [7, 11) is 0. The lowest BCUT2D eigenvalue weighted by atomic mass is 9.96. The van der Waals surface area contributed by atoms with Crippen LogP contribution in [0.5, 0.6) is 0 Å². The molecule has 0 fully saturated rings. The second-order valence-corrected chi connectivity index (χ2v) is 8.26. The van der Waals surface area contributed by atoms with Gasteiger partial charge in [-0.3, -0.25) is 4.79 Å². The average molecular weight is 418 g/mol. The van der Waals surface area contributed by atoms with E-state index in [9.17, 15) is 9.59 Å². The second kappa shape index (κ2) is 9.89. The van der Waals surface area contributed by atoms with Crippen molar-refractivity contribution in [2.45, 2.75) is 45.4 Å². The Morgan fingerprint density at radius 2 is 2.00 bits per heavy atom. The summed E-state index contributed by atoms with van der Waals surface area (Å²) in [6.07, 6.45) is 9.50. The molecule has 2 aromatic rings. The molecule has 0 saturated heterocycles. The predicted molar refractivity (Wildman–Crippen MR) is 115 cm³/mol. The van der Waals surface area contributed by atoms with Gasteiger partial charge in [0.25, 0.3) is 0 Å². The number of anilines is 1. The minimum atomic E-state index is -0.352. The monoisotopic (exact) mass is 417 g/mol. The molecule has 1 amide bonds. The molecule has 0 bridgehead atoms. The van der Waals surface area contributed by atoms with Crippen LogP contribution in [0.25, 0.3) is 6.08 Å². The third kappa shape index (κ3) is 5.24. The summed E-state index contributed by atoms with van der Waals surface area (Å²) < 4.78 is 5.27. The number of thiophene rings is 1. The topological polar surface area (TPSA) is 55.4 Å². The van der Waals surface area contributed by atoms with E-state index in [4.69, 9.17) is 16.3 Å². The van der Waals surface area contributed by atoms with E-state index < -0.39 is 0 Å². The Morgan fingerprint density at radius 1 is 1.21 bits per heavy atom. The van der Waals surface area contributed by atoms with Crippen molar-refractivity contribution in [1.82, 2.24) is 0 Å². The van der Waals surface area contributed by atoms with E-state index in [1.165, 1.54) is 35.1 Å². The molecule has 148 valence electrons. The van der Waals surface area contributed by atoms with Crippen LogP contribution in [-0.2, 0) is 22.4 Å². The largest absolute Gasteiger partial charge is 0.462 e. The number of hydrogen-bond donors (Lipinski definition) is 1. The highest BCUT2D eigenvalue weighted by Gasteiger charge is 2.25. The molecule has 0 radical (unpaired) electrons. The van der Waals surface area contributed by atoms with Crippen LogP contribution in [0.2, 0.25) is 5.02 Å². The smallest absolute Gasteiger partial charge is 0.341 e. The maximum absolute atomic E-state index is 12.6. The summed E-state index contributed by atoms with van der Waals surface area (Å²) in [5, 5.41) is 4.10. The number of aryl methyl sites for hydroxylation is 1. The number of carbonyl (C=O) groups excluding carboxylic acids is 2. The Morgan fingerprint density at radius 3 is 2.75 bits per heavy atom. The van der Waals surface area contributed by atoms with E-state index in [1.54, 1.807) is 25.1 Å². The first-order valence-corrected chi connectivity index (χ1v) is 10.8. The Balaban J connectivity index is 1.84. The average Bonchev–Trinajstić information content (AvgIpc) is 2.96. The number of amides is 1. The fourth-order valence-corrected chi connectivity index (χ4v) is 4.84. The van der Waals surface area contributed by atoms with Crippen molar-refractivity contribution in [3.63, 3.8) is 0 Å². The van der Waals surface area contributed by atoms with Crippen molar-refractivity contribution < 1.29 is 14.3 Å². The zero-order chi connectivity index (χ0) is 19.9. The van der Waals surface area contributed by atoms with Gasteiger partial charge in [0.1, 0.15) is 5.00 Å². The molecule has 3 rings (SSSR count). The Kier molecular flexibility index (Phi) is 7.29. The van der Waals surface area contributed by atoms with E-state index in [0.717, 1.165) is 36.8 Å². The van der Waals surface area contributed by atoms with Crippen LogP contribution in [0, 0.1) is 0 Å². The molecule has 1 N–H and O–H groups in total. The van der Waals surface area contributed by atoms with Crippen molar-refractivity contribution in [2.24, 2.45) is 0 Å². The van der Waals surface area contributed by atoms with Gasteiger partial charge in [0, 0.05) is 16.0 Å². The molecule has 28 heavy (non-hydrogen) atoms. The van der Waals surface area contributed by atoms with E-state index in [0.29, 0.717) is 22.2 Å². The lowest BCUT2D eigenvalue weighted by Crippen LogP contribution is -2.13. The van der Waals surface area contributed by atoms with Crippen LogP contribution in [0.3, 0.4) is 0 Å². The number of ether oxygens (including phenoxy) is 1. The van der Waals surface area contributed by atoms with Gasteiger partial charge >= 0.3 is 5.97 Å². The van der Waals surface area contributed by atoms with Crippen molar-refractivity contribution in [3.05, 3.63) is 56.9 Å². The fourth-order valence-electron chi connectivity index (χ4n) is 3.36. The van der Waals surface area contributed by atoms with Gasteiger partial charge in [-0.1, -0.05) is 36.6 Å². The van der Waals surface area contributed by atoms with E-state index >= 15 is 0 Å². The molecular formula is C22H24ClNO3S. The number of esters is 1. The molecule has 0 aliphatic heterocycles. The molecule has 1 aromatic heterocycles. The van der Waals surface area contributed by atoms with Crippen molar-refractivity contribution >= 4 is 45.9 Å². The summed E-state index contributed by atoms with van der Waals surface area (Å²) in [6.45, 7) is 2.10. The number of carbonyl (C=O) groups is 2. The third-order valence-corrected chi connectivity index (χ3v) is 6.11. The number of rotatable bonds is 5. The fraction of sp³-hybridized carbons (Fsp3) is 0.364. The Labute approximate surface area is 174 Å². The highest BCUT2D eigenvalue weighted by atomic mass is 35.5. The maximum atomic E-state index is 12.6. The van der Waals surface area contributed by atoms with Gasteiger partial charge < -0.3 is 10.1 Å². The van der Waals surface area contributed by atoms with Crippen LogP contribution >= 0.6 is 22.9 Å². The van der Waals surface area contributed by atoms with Gasteiger partial charge in [-0.15, -0.1) is 11.3 Å². The molecular weight excluding hydrogens is 394 g/mol. The minimum absolute atomic E-state index is 0.278. The van der Waals surface area contributed by atoms with E-state index in [2.05, 4.69) is 5.32 Å². The summed E-state index contributed by atoms with van der Waals surface area (Å²) in [6, 6.07) is 7.27. The zero-order valence-electron chi connectivity index (χ0n) is 15.9. The van der Waals surface area contributed by atoms with Gasteiger partial charge in [-0.2, -0.15) is 0 Å². The number of benzene rings is 1. The van der Waals surface area contributed by atoms with Crippen LogP contribution in [0.4, 0.5) is 5.00 Å². The molecule has 1 heterocycles. The summed E-state index contributed by atoms with van der Waals surface area (Å²) in [4.78, 5) is 26.3. The van der Waals surface area contributed by atoms with Crippen LogP contribution in [-0.4, -0.2) is 18.5 Å². The molecule has 4 nitrogen and oxygen atoms in total. The van der Waals surface area contributed by atoms with Gasteiger partial charge in [0.2, 0.25) is 5.91 Å². The van der Waals surface area contributed by atoms with Crippen molar-refractivity contribution in [3.8, 4) is 0 Å². The lowest BCUT2D eigenvalue weighted by Gasteiger charge is -2.11. The molecule has 1 aromatic carbocycles. The molecule has 1 aliphatic rings. The Bertz CT molecular complexity index is 888. The molecule has 0 unspecified atom stereocenters. The van der Waals surface area contributed by atoms with Crippen LogP contribution in [0.15, 0.2) is 30.3 Å². The quantitative estimate of drug-likeness (QED) is 0.487. The first-order chi connectivity index (χ1) is 13.6. The van der Waals surface area contributed by atoms with Crippen molar-refractivity contribution in [2.75, 3.05) is 11.9 Å². The summed E-state index contributed by atoms with van der Waals surface area (Å²) >= 11 is 7.48. The highest BCUT2D eigenvalue weighted by Crippen LogP contribution is 2.37. The third-order valence-electron chi connectivity index (χ3n) is 4.66. The van der Waals surface area contributed by atoms with Gasteiger partial charge in [-0.05, 0) is 61.9 Å². The summed E-state index contributed by atoms with van der Waals surface area (Å²) in [5.41, 5.74) is 2.43. The van der Waals surface area contributed by atoms with Gasteiger partial charge in [-0.25, -0.2) is 4.79 Å². The first kappa shape index (κ1) is 20.6. The molecule has 0 spiro atoms.